The highest BCUT2D eigenvalue weighted by Crippen LogP contribution is 2.36. The smallest absolute Gasteiger partial charge is 0.338 e. The molecule has 1 aliphatic rings. The van der Waals surface area contributed by atoms with Crippen molar-refractivity contribution in [2.45, 2.75) is 13.0 Å². The SMILES string of the molecule is CCOC(=O)C1=C(c2ccccc2)N=c2s/c(=C\c3ccccc3)c(=O)n2[C@H]1c1cccs1. The predicted molar refractivity (Wildman–Crippen MR) is 132 cm³/mol. The first kappa shape index (κ1) is 21.3. The number of hydrogen-bond acceptors (Lipinski definition) is 6. The van der Waals surface area contributed by atoms with Crippen LogP contribution in [0, 0.1) is 0 Å². The van der Waals surface area contributed by atoms with E-state index in [1.165, 1.54) is 22.7 Å². The Labute approximate surface area is 198 Å². The van der Waals surface area contributed by atoms with Gasteiger partial charge in [-0.3, -0.25) is 9.36 Å². The Morgan fingerprint density at radius 3 is 2.45 bits per heavy atom. The van der Waals surface area contributed by atoms with E-state index in [9.17, 15) is 9.59 Å². The van der Waals surface area contributed by atoms with E-state index in [4.69, 9.17) is 9.73 Å². The molecule has 7 heteroatoms. The standard InChI is InChI=1S/C26H20N2O3S2/c1-2-31-25(30)21-22(18-12-7-4-8-13-18)27-26-28(23(21)19-14-9-15-32-19)24(29)20(33-26)16-17-10-5-3-6-11-17/h3-16,23H,2H2,1H3/b20-16-/t23-/m0/s1. The van der Waals surface area contributed by atoms with Gasteiger partial charge in [0.15, 0.2) is 4.80 Å². The molecule has 0 amide bonds. The summed E-state index contributed by atoms with van der Waals surface area (Å²) in [7, 11) is 0. The second-order valence-electron chi connectivity index (χ2n) is 7.36. The third-order valence-corrected chi connectivity index (χ3v) is 7.19. The summed E-state index contributed by atoms with van der Waals surface area (Å²) in [5.74, 6) is -0.462. The number of fused-ring (bicyclic) bond motifs is 1. The molecular formula is C26H20N2O3S2. The molecule has 0 N–H and O–H groups in total. The summed E-state index contributed by atoms with van der Waals surface area (Å²) in [5.41, 5.74) is 2.49. The predicted octanol–water partition coefficient (Wildman–Crippen LogP) is 4.00. The highest BCUT2D eigenvalue weighted by Gasteiger charge is 2.35. The van der Waals surface area contributed by atoms with Gasteiger partial charge in [-0.05, 0) is 30.0 Å². The van der Waals surface area contributed by atoms with Crippen LogP contribution in [-0.4, -0.2) is 17.1 Å². The van der Waals surface area contributed by atoms with Crippen molar-refractivity contribution >= 4 is 40.4 Å². The second-order valence-corrected chi connectivity index (χ2v) is 9.35. The van der Waals surface area contributed by atoms with E-state index in [0.29, 0.717) is 20.6 Å². The zero-order chi connectivity index (χ0) is 22.8. The fourth-order valence-corrected chi connectivity index (χ4v) is 5.68. The molecule has 0 saturated carbocycles. The number of thiazole rings is 1. The van der Waals surface area contributed by atoms with Crippen LogP contribution in [0.1, 0.15) is 29.0 Å². The van der Waals surface area contributed by atoms with Gasteiger partial charge < -0.3 is 4.74 Å². The molecule has 4 aromatic rings. The quantitative estimate of drug-likeness (QED) is 0.413. The van der Waals surface area contributed by atoms with Crippen molar-refractivity contribution in [1.82, 2.24) is 4.57 Å². The maximum atomic E-state index is 13.6. The monoisotopic (exact) mass is 472 g/mol. The van der Waals surface area contributed by atoms with Gasteiger partial charge in [0.2, 0.25) is 0 Å². The number of nitrogens with zero attached hydrogens (tertiary/aromatic N) is 2. The van der Waals surface area contributed by atoms with Crippen LogP contribution < -0.4 is 14.9 Å². The van der Waals surface area contributed by atoms with E-state index in [2.05, 4.69) is 0 Å². The van der Waals surface area contributed by atoms with Gasteiger partial charge in [0.05, 0.1) is 22.4 Å². The largest absolute Gasteiger partial charge is 0.463 e. The van der Waals surface area contributed by atoms with Gasteiger partial charge in [-0.15, -0.1) is 11.3 Å². The van der Waals surface area contributed by atoms with E-state index < -0.39 is 12.0 Å². The van der Waals surface area contributed by atoms with E-state index in [1.807, 2.05) is 84.3 Å². The average molecular weight is 473 g/mol. The van der Waals surface area contributed by atoms with Crippen LogP contribution >= 0.6 is 22.7 Å². The summed E-state index contributed by atoms with van der Waals surface area (Å²) in [6.07, 6.45) is 1.87. The van der Waals surface area contributed by atoms with Gasteiger partial charge >= 0.3 is 5.97 Å². The van der Waals surface area contributed by atoms with E-state index in [-0.39, 0.29) is 12.2 Å². The minimum absolute atomic E-state index is 0.171. The van der Waals surface area contributed by atoms with Crippen LogP contribution in [-0.2, 0) is 9.53 Å². The lowest BCUT2D eigenvalue weighted by Gasteiger charge is -2.24. The Morgan fingerprint density at radius 2 is 1.79 bits per heavy atom. The molecular weight excluding hydrogens is 452 g/mol. The lowest BCUT2D eigenvalue weighted by Crippen LogP contribution is -2.39. The van der Waals surface area contributed by atoms with Crippen LogP contribution in [0.15, 0.2) is 93.5 Å². The van der Waals surface area contributed by atoms with Gasteiger partial charge in [-0.1, -0.05) is 78.1 Å². The second kappa shape index (κ2) is 9.13. The highest BCUT2D eigenvalue weighted by molar-refractivity contribution is 7.10. The molecule has 3 heterocycles. The van der Waals surface area contributed by atoms with Crippen molar-refractivity contribution in [2.24, 2.45) is 4.99 Å². The normalized spacial score (nSPS) is 15.8. The number of hydrogen-bond donors (Lipinski definition) is 0. The Balaban J connectivity index is 1.82. The summed E-state index contributed by atoms with van der Waals surface area (Å²) in [5, 5.41) is 1.94. The Hall–Kier alpha value is -3.55. The summed E-state index contributed by atoms with van der Waals surface area (Å²) < 4.78 is 7.64. The fraction of sp³-hybridized carbons (Fsp3) is 0.115. The summed E-state index contributed by atoms with van der Waals surface area (Å²) in [6, 6.07) is 22.5. The Bertz CT molecular complexity index is 1500. The Kier molecular flexibility index (Phi) is 5.90. The molecule has 1 atom stereocenters. The fourth-order valence-electron chi connectivity index (χ4n) is 3.86. The summed E-state index contributed by atoms with van der Waals surface area (Å²) >= 11 is 2.83. The molecule has 0 spiro atoms. The number of aromatic nitrogens is 1. The average Bonchev–Trinajstić information content (AvgIpc) is 3.48. The minimum atomic E-state index is -0.603. The van der Waals surface area contributed by atoms with Gasteiger partial charge in [0.25, 0.3) is 5.56 Å². The molecule has 0 fully saturated rings. The minimum Gasteiger partial charge on any atom is -0.463 e. The first-order valence-electron chi connectivity index (χ1n) is 10.5. The maximum Gasteiger partial charge on any atom is 0.338 e. The first-order valence-corrected chi connectivity index (χ1v) is 12.2. The van der Waals surface area contributed by atoms with E-state index in [1.54, 1.807) is 11.5 Å². The van der Waals surface area contributed by atoms with Gasteiger partial charge in [0.1, 0.15) is 6.04 Å². The number of carbonyl (C=O) groups is 1. The third-order valence-electron chi connectivity index (χ3n) is 5.28. The van der Waals surface area contributed by atoms with Crippen molar-refractivity contribution in [2.75, 3.05) is 6.61 Å². The van der Waals surface area contributed by atoms with Crippen LogP contribution in [0.2, 0.25) is 0 Å². The molecule has 0 saturated heterocycles. The van der Waals surface area contributed by atoms with E-state index in [0.717, 1.165) is 16.0 Å². The van der Waals surface area contributed by atoms with Crippen molar-refractivity contribution in [3.63, 3.8) is 0 Å². The number of rotatable bonds is 5. The van der Waals surface area contributed by atoms with Crippen LogP contribution in [0.5, 0.6) is 0 Å². The van der Waals surface area contributed by atoms with Crippen molar-refractivity contribution < 1.29 is 9.53 Å². The third kappa shape index (κ3) is 4.01. The number of carbonyl (C=O) groups excluding carboxylic acids is 1. The molecule has 1 aliphatic heterocycles. The molecule has 5 nitrogen and oxygen atoms in total. The number of esters is 1. The molecule has 0 radical (unpaired) electrons. The van der Waals surface area contributed by atoms with Crippen LogP contribution in [0.4, 0.5) is 0 Å². The number of ether oxygens (including phenoxy) is 1. The molecule has 164 valence electrons. The summed E-state index contributed by atoms with van der Waals surface area (Å²) in [4.78, 5) is 33.1. The zero-order valence-electron chi connectivity index (χ0n) is 17.8. The van der Waals surface area contributed by atoms with Crippen molar-refractivity contribution in [3.8, 4) is 0 Å². The molecule has 0 unspecified atom stereocenters. The topological polar surface area (TPSA) is 60.7 Å². The molecule has 5 rings (SSSR count). The lowest BCUT2D eigenvalue weighted by atomic mass is 9.97. The zero-order valence-corrected chi connectivity index (χ0v) is 19.4. The van der Waals surface area contributed by atoms with Crippen LogP contribution in [0.3, 0.4) is 0 Å². The van der Waals surface area contributed by atoms with Gasteiger partial charge in [-0.2, -0.15) is 0 Å². The summed E-state index contributed by atoms with van der Waals surface area (Å²) in [6.45, 7) is 2.01. The van der Waals surface area contributed by atoms with E-state index >= 15 is 0 Å². The van der Waals surface area contributed by atoms with Gasteiger partial charge in [-0.25, -0.2) is 9.79 Å². The highest BCUT2D eigenvalue weighted by atomic mass is 32.1. The molecule has 0 bridgehead atoms. The van der Waals surface area contributed by atoms with Crippen LogP contribution in [0.25, 0.3) is 11.8 Å². The van der Waals surface area contributed by atoms with Gasteiger partial charge in [0, 0.05) is 10.4 Å². The molecule has 33 heavy (non-hydrogen) atoms. The number of thiophene rings is 1. The maximum absolute atomic E-state index is 13.6. The van der Waals surface area contributed by atoms with Crippen molar-refractivity contribution in [3.05, 3.63) is 119 Å². The Morgan fingerprint density at radius 1 is 1.06 bits per heavy atom. The molecule has 2 aromatic heterocycles. The first-order chi connectivity index (χ1) is 16.2. The number of benzene rings is 2. The lowest BCUT2D eigenvalue weighted by molar-refractivity contribution is -0.138. The molecule has 2 aromatic carbocycles. The molecule has 0 aliphatic carbocycles. The van der Waals surface area contributed by atoms with Crippen molar-refractivity contribution in [1.29, 1.82) is 0 Å².